The second-order valence-corrected chi connectivity index (χ2v) is 7.58. The SMILES string of the molecule is O=C(Oc1cc(O)c2c(c1)C(=O)C(c1ccc(O)c(O)c1)C(O)C2)c1cc(O)c(O)c(O)c1. The molecule has 10 heteroatoms. The quantitative estimate of drug-likeness (QED) is 0.175. The number of aromatic hydroxyl groups is 6. The fourth-order valence-corrected chi connectivity index (χ4v) is 3.79. The Labute approximate surface area is 185 Å². The van der Waals surface area contributed by atoms with Crippen LogP contribution in [0, 0.1) is 0 Å². The van der Waals surface area contributed by atoms with E-state index in [-0.39, 0.29) is 34.4 Å². The van der Waals surface area contributed by atoms with E-state index in [9.17, 15) is 45.3 Å². The van der Waals surface area contributed by atoms with Gasteiger partial charge in [0.15, 0.2) is 34.5 Å². The smallest absolute Gasteiger partial charge is 0.343 e. The third kappa shape index (κ3) is 3.83. The highest BCUT2D eigenvalue weighted by molar-refractivity contribution is 6.05. The standard InChI is InChI=1S/C23H18O10/c24-14-2-1-9(3-16(14)26)20-17(27)8-12-13(21(20)30)6-11(7-15(12)25)33-23(32)10-4-18(28)22(31)19(29)5-10/h1-7,17,20,24-29,31H,8H2. The molecule has 0 saturated heterocycles. The third-order valence-corrected chi connectivity index (χ3v) is 5.42. The normalized spacial score (nSPS) is 17.4. The Bertz CT molecular complexity index is 1270. The van der Waals surface area contributed by atoms with Crippen molar-refractivity contribution in [1.29, 1.82) is 0 Å². The van der Waals surface area contributed by atoms with Gasteiger partial charge in [-0.15, -0.1) is 0 Å². The zero-order valence-corrected chi connectivity index (χ0v) is 16.8. The summed E-state index contributed by atoms with van der Waals surface area (Å²) in [5, 5.41) is 68.7. The summed E-state index contributed by atoms with van der Waals surface area (Å²) in [4.78, 5) is 25.6. The molecule has 4 rings (SSSR count). The molecule has 1 aliphatic rings. The molecule has 0 aromatic heterocycles. The lowest BCUT2D eigenvalue weighted by Crippen LogP contribution is -2.34. The molecule has 0 radical (unpaired) electrons. The van der Waals surface area contributed by atoms with Crippen LogP contribution in [-0.2, 0) is 6.42 Å². The van der Waals surface area contributed by atoms with Crippen molar-refractivity contribution in [1.82, 2.24) is 0 Å². The summed E-state index contributed by atoms with van der Waals surface area (Å²) >= 11 is 0. The van der Waals surface area contributed by atoms with Gasteiger partial charge in [-0.1, -0.05) is 6.07 Å². The molecule has 0 bridgehead atoms. The van der Waals surface area contributed by atoms with Crippen LogP contribution in [0.2, 0.25) is 0 Å². The first-order chi connectivity index (χ1) is 15.6. The first kappa shape index (κ1) is 21.8. The molecule has 0 aliphatic heterocycles. The fourth-order valence-electron chi connectivity index (χ4n) is 3.79. The lowest BCUT2D eigenvalue weighted by atomic mass is 9.76. The van der Waals surface area contributed by atoms with Crippen molar-refractivity contribution < 1.29 is 50.1 Å². The second-order valence-electron chi connectivity index (χ2n) is 7.58. The van der Waals surface area contributed by atoms with Gasteiger partial charge in [0.1, 0.15) is 11.5 Å². The predicted molar refractivity (Wildman–Crippen MR) is 111 cm³/mol. The van der Waals surface area contributed by atoms with E-state index in [2.05, 4.69) is 0 Å². The average Bonchev–Trinajstić information content (AvgIpc) is 2.75. The Hall–Kier alpha value is -4.44. The minimum absolute atomic E-state index is 0.0166. The van der Waals surface area contributed by atoms with Gasteiger partial charge in [0.2, 0.25) is 0 Å². The topological polar surface area (TPSA) is 185 Å². The minimum Gasteiger partial charge on any atom is -0.508 e. The number of hydrogen-bond donors (Lipinski definition) is 7. The Morgan fingerprint density at radius 3 is 2.12 bits per heavy atom. The van der Waals surface area contributed by atoms with Crippen LogP contribution in [0.25, 0.3) is 0 Å². The maximum Gasteiger partial charge on any atom is 0.343 e. The molecule has 0 heterocycles. The molecule has 2 atom stereocenters. The number of carbonyl (C=O) groups is 2. The Balaban J connectivity index is 1.68. The van der Waals surface area contributed by atoms with Crippen LogP contribution in [0.5, 0.6) is 40.2 Å². The van der Waals surface area contributed by atoms with Crippen molar-refractivity contribution in [2.45, 2.75) is 18.4 Å². The molecule has 2 unspecified atom stereocenters. The van der Waals surface area contributed by atoms with Crippen molar-refractivity contribution >= 4 is 11.8 Å². The maximum absolute atomic E-state index is 13.2. The number of phenolic OH excluding ortho intramolecular Hbond substituents is 6. The first-order valence-electron chi connectivity index (χ1n) is 9.64. The molecule has 0 amide bonds. The van der Waals surface area contributed by atoms with E-state index in [0.717, 1.165) is 24.3 Å². The zero-order valence-electron chi connectivity index (χ0n) is 16.8. The molecule has 1 aliphatic carbocycles. The monoisotopic (exact) mass is 454 g/mol. The molecule has 170 valence electrons. The molecule has 33 heavy (non-hydrogen) atoms. The Morgan fingerprint density at radius 2 is 1.48 bits per heavy atom. The Kier molecular flexibility index (Phi) is 5.22. The number of fused-ring (bicyclic) bond motifs is 1. The molecular weight excluding hydrogens is 436 g/mol. The van der Waals surface area contributed by atoms with Crippen molar-refractivity contribution in [2.75, 3.05) is 0 Å². The minimum atomic E-state index is -1.23. The number of benzene rings is 3. The van der Waals surface area contributed by atoms with E-state index in [1.807, 2.05) is 0 Å². The van der Waals surface area contributed by atoms with E-state index in [1.165, 1.54) is 18.2 Å². The Morgan fingerprint density at radius 1 is 0.818 bits per heavy atom. The second kappa shape index (κ2) is 7.92. The summed E-state index contributed by atoms with van der Waals surface area (Å²) in [7, 11) is 0. The van der Waals surface area contributed by atoms with E-state index in [4.69, 9.17) is 4.74 Å². The highest BCUT2D eigenvalue weighted by Gasteiger charge is 2.38. The summed E-state index contributed by atoms with van der Waals surface area (Å²) in [5.41, 5.74) is 0.0631. The summed E-state index contributed by atoms with van der Waals surface area (Å²) in [6.45, 7) is 0. The van der Waals surface area contributed by atoms with Crippen LogP contribution in [0.4, 0.5) is 0 Å². The van der Waals surface area contributed by atoms with Crippen LogP contribution in [-0.4, -0.2) is 53.6 Å². The van der Waals surface area contributed by atoms with Gasteiger partial charge in [-0.25, -0.2) is 4.79 Å². The van der Waals surface area contributed by atoms with Crippen LogP contribution < -0.4 is 4.74 Å². The number of carbonyl (C=O) groups excluding carboxylic acids is 2. The number of Topliss-reactive ketones (excluding diaryl/α,β-unsaturated/α-hetero) is 1. The van der Waals surface area contributed by atoms with Gasteiger partial charge in [0.25, 0.3) is 0 Å². The largest absolute Gasteiger partial charge is 0.508 e. The molecule has 0 spiro atoms. The first-order valence-corrected chi connectivity index (χ1v) is 9.64. The van der Waals surface area contributed by atoms with Crippen LogP contribution in [0.1, 0.15) is 37.8 Å². The number of aliphatic hydroxyl groups is 1. The van der Waals surface area contributed by atoms with Gasteiger partial charge in [-0.3, -0.25) is 4.79 Å². The van der Waals surface area contributed by atoms with E-state index in [0.29, 0.717) is 0 Å². The van der Waals surface area contributed by atoms with Gasteiger partial charge in [0.05, 0.1) is 17.6 Å². The van der Waals surface area contributed by atoms with Crippen LogP contribution in [0.3, 0.4) is 0 Å². The van der Waals surface area contributed by atoms with Crippen LogP contribution in [0.15, 0.2) is 42.5 Å². The van der Waals surface area contributed by atoms with E-state index >= 15 is 0 Å². The molecule has 0 saturated carbocycles. The van der Waals surface area contributed by atoms with Crippen LogP contribution >= 0.6 is 0 Å². The molecule has 10 nitrogen and oxygen atoms in total. The predicted octanol–water partition coefficient (Wildman–Crippen LogP) is 2.02. The van der Waals surface area contributed by atoms with Gasteiger partial charge in [0, 0.05) is 23.6 Å². The number of ketones is 1. The molecule has 3 aromatic rings. The number of aliphatic hydroxyl groups excluding tert-OH is 1. The number of ether oxygens (including phenoxy) is 1. The lowest BCUT2D eigenvalue weighted by molar-refractivity contribution is 0.0723. The van der Waals surface area contributed by atoms with Crippen molar-refractivity contribution in [3.63, 3.8) is 0 Å². The number of hydrogen-bond acceptors (Lipinski definition) is 10. The highest BCUT2D eigenvalue weighted by Crippen LogP contribution is 2.41. The van der Waals surface area contributed by atoms with Crippen molar-refractivity contribution in [3.05, 3.63) is 64.7 Å². The van der Waals surface area contributed by atoms with Crippen molar-refractivity contribution in [3.8, 4) is 40.2 Å². The fraction of sp³-hybridized carbons (Fsp3) is 0.130. The van der Waals surface area contributed by atoms with Gasteiger partial charge in [-0.05, 0) is 35.9 Å². The third-order valence-electron chi connectivity index (χ3n) is 5.42. The maximum atomic E-state index is 13.2. The van der Waals surface area contributed by atoms with E-state index < -0.39 is 58.3 Å². The summed E-state index contributed by atoms with van der Waals surface area (Å²) in [5.74, 6) is -6.57. The van der Waals surface area contributed by atoms with Gasteiger partial charge >= 0.3 is 5.97 Å². The molecule has 0 fully saturated rings. The number of phenols is 6. The number of esters is 1. The van der Waals surface area contributed by atoms with Crippen molar-refractivity contribution in [2.24, 2.45) is 0 Å². The van der Waals surface area contributed by atoms with Gasteiger partial charge in [-0.2, -0.15) is 0 Å². The van der Waals surface area contributed by atoms with Gasteiger partial charge < -0.3 is 40.5 Å². The molecule has 7 N–H and O–H groups in total. The zero-order chi connectivity index (χ0) is 24.0. The summed E-state index contributed by atoms with van der Waals surface area (Å²) in [6, 6.07) is 7.71. The van der Waals surface area contributed by atoms with E-state index in [1.54, 1.807) is 0 Å². The molecule has 3 aromatic carbocycles. The summed E-state index contributed by atoms with van der Waals surface area (Å²) in [6.07, 6.45) is -1.33. The number of rotatable bonds is 3. The lowest BCUT2D eigenvalue weighted by Gasteiger charge is -2.29. The molecular formula is C23H18O10. The highest BCUT2D eigenvalue weighted by atomic mass is 16.5. The average molecular weight is 454 g/mol. The summed E-state index contributed by atoms with van der Waals surface area (Å²) < 4.78 is 5.16.